The maximum atomic E-state index is 11.8. The third-order valence-electron chi connectivity index (χ3n) is 4.00. The number of nitrogens with zero attached hydrogens (tertiary/aromatic N) is 2. The van der Waals surface area contributed by atoms with Crippen LogP contribution in [0.4, 0.5) is 5.69 Å². The van der Waals surface area contributed by atoms with Gasteiger partial charge in [0.15, 0.2) is 5.96 Å². The van der Waals surface area contributed by atoms with E-state index >= 15 is 0 Å². The minimum absolute atomic E-state index is 0.105. The molecule has 8 nitrogen and oxygen atoms in total. The largest absolute Gasteiger partial charge is 0.450 e. The maximum absolute atomic E-state index is 11.8. The van der Waals surface area contributed by atoms with Gasteiger partial charge in [0.25, 0.3) is 5.91 Å². The number of carbonyl (C=O) groups is 1. The molecule has 1 saturated carbocycles. The minimum atomic E-state index is -0.524. The van der Waals surface area contributed by atoms with Gasteiger partial charge < -0.3 is 16.2 Å². The maximum Gasteiger partial charge on any atom is 0.311 e. The number of rotatable bonds is 5. The van der Waals surface area contributed by atoms with Crippen molar-refractivity contribution in [3.8, 4) is 11.5 Å². The van der Waals surface area contributed by atoms with Gasteiger partial charge in [-0.05, 0) is 48.2 Å². The quantitative estimate of drug-likeness (QED) is 0.357. The van der Waals surface area contributed by atoms with Crippen molar-refractivity contribution in [2.24, 2.45) is 22.4 Å². The Kier molecular flexibility index (Phi) is 4.77. The van der Waals surface area contributed by atoms with E-state index in [1.54, 1.807) is 30.3 Å². The number of benzene rings is 2. The van der Waals surface area contributed by atoms with Crippen molar-refractivity contribution in [3.05, 3.63) is 63.2 Å². The molecule has 1 aliphatic rings. The van der Waals surface area contributed by atoms with E-state index < -0.39 is 10.8 Å². The fraction of sp³-hybridized carbons (Fsp3) is 0.176. The van der Waals surface area contributed by atoms with Crippen LogP contribution in [0.5, 0.6) is 11.5 Å². The summed E-state index contributed by atoms with van der Waals surface area (Å²) in [6.45, 7) is 0. The molecule has 0 radical (unpaired) electrons. The number of halogens is 1. The highest BCUT2D eigenvalue weighted by molar-refractivity contribution is 6.30. The Bertz CT molecular complexity index is 894. The van der Waals surface area contributed by atoms with Gasteiger partial charge in [0.1, 0.15) is 5.75 Å². The van der Waals surface area contributed by atoms with Gasteiger partial charge in [0.05, 0.1) is 4.92 Å². The minimum Gasteiger partial charge on any atom is -0.450 e. The van der Waals surface area contributed by atoms with Gasteiger partial charge in [-0.2, -0.15) is 4.99 Å². The lowest BCUT2D eigenvalue weighted by atomic mass is 10.1. The highest BCUT2D eigenvalue weighted by Crippen LogP contribution is 2.49. The standard InChI is InChI=1S/C17H15ClN4O4/c18-10-2-4-11(5-3-10)26-15-6-1-9(7-14(15)22(24)25)12-8-13(12)16(23)21-17(19)20/h1-7,12-13H,8H2,(H4,19,20,21,23). The second-order valence-corrected chi connectivity index (χ2v) is 6.30. The topological polar surface area (TPSA) is 134 Å². The molecule has 0 aromatic heterocycles. The van der Waals surface area contributed by atoms with Crippen molar-refractivity contribution in [1.82, 2.24) is 0 Å². The summed E-state index contributed by atoms with van der Waals surface area (Å²) in [7, 11) is 0. The smallest absolute Gasteiger partial charge is 0.311 e. The first kappa shape index (κ1) is 17.7. The highest BCUT2D eigenvalue weighted by Gasteiger charge is 2.44. The monoisotopic (exact) mass is 374 g/mol. The summed E-state index contributed by atoms with van der Waals surface area (Å²) in [6.07, 6.45) is 0.546. The van der Waals surface area contributed by atoms with Crippen molar-refractivity contribution >= 4 is 29.2 Å². The molecule has 26 heavy (non-hydrogen) atoms. The summed E-state index contributed by atoms with van der Waals surface area (Å²) in [5, 5.41) is 11.9. The third-order valence-corrected chi connectivity index (χ3v) is 4.25. The van der Waals surface area contributed by atoms with Gasteiger partial charge >= 0.3 is 5.69 Å². The van der Waals surface area contributed by atoms with E-state index in [9.17, 15) is 14.9 Å². The molecule has 3 rings (SSSR count). The molecule has 2 aromatic carbocycles. The van der Waals surface area contributed by atoms with Gasteiger partial charge in [-0.15, -0.1) is 0 Å². The second-order valence-electron chi connectivity index (χ2n) is 5.86. The van der Waals surface area contributed by atoms with Crippen LogP contribution in [0.15, 0.2) is 47.5 Å². The van der Waals surface area contributed by atoms with E-state index in [0.29, 0.717) is 22.8 Å². The molecule has 0 spiro atoms. The summed E-state index contributed by atoms with van der Waals surface area (Å²) in [5.74, 6) is -0.683. The van der Waals surface area contributed by atoms with Crippen molar-refractivity contribution < 1.29 is 14.5 Å². The van der Waals surface area contributed by atoms with Crippen LogP contribution in [0.25, 0.3) is 0 Å². The van der Waals surface area contributed by atoms with E-state index in [1.165, 1.54) is 12.1 Å². The average molecular weight is 375 g/mol. The summed E-state index contributed by atoms with van der Waals surface area (Å²) in [4.78, 5) is 26.2. The molecule has 4 N–H and O–H groups in total. The summed E-state index contributed by atoms with van der Waals surface area (Å²) in [6, 6.07) is 11.1. The Morgan fingerprint density at radius 1 is 1.23 bits per heavy atom. The predicted octanol–water partition coefficient (Wildman–Crippen LogP) is 2.94. The highest BCUT2D eigenvalue weighted by atomic mass is 35.5. The molecule has 1 amide bonds. The number of amides is 1. The molecule has 0 saturated heterocycles. The van der Waals surface area contributed by atoms with Crippen LogP contribution in [0, 0.1) is 16.0 Å². The van der Waals surface area contributed by atoms with Crippen LogP contribution in [-0.2, 0) is 4.79 Å². The molecular weight excluding hydrogens is 360 g/mol. The van der Waals surface area contributed by atoms with Crippen LogP contribution >= 0.6 is 11.6 Å². The number of carbonyl (C=O) groups excluding carboxylic acids is 1. The summed E-state index contributed by atoms with van der Waals surface area (Å²) >= 11 is 5.81. The number of nitrogens with two attached hydrogens (primary N) is 2. The van der Waals surface area contributed by atoms with E-state index in [2.05, 4.69) is 4.99 Å². The molecule has 134 valence electrons. The molecule has 2 aromatic rings. The predicted molar refractivity (Wildman–Crippen MR) is 96.3 cm³/mol. The SMILES string of the molecule is NC(N)=NC(=O)C1CC1c1ccc(Oc2ccc(Cl)cc2)c([N+](=O)[O-])c1. The lowest BCUT2D eigenvalue weighted by Gasteiger charge is -2.08. The van der Waals surface area contributed by atoms with Crippen molar-refractivity contribution in [3.63, 3.8) is 0 Å². The molecular formula is C17H15ClN4O4. The molecule has 0 heterocycles. The zero-order valence-corrected chi connectivity index (χ0v) is 14.2. The Labute approximate surface area is 153 Å². The van der Waals surface area contributed by atoms with E-state index in [4.69, 9.17) is 27.8 Å². The summed E-state index contributed by atoms with van der Waals surface area (Å²) < 4.78 is 5.59. The molecule has 1 fully saturated rings. The van der Waals surface area contributed by atoms with E-state index in [0.717, 1.165) is 0 Å². The average Bonchev–Trinajstić information content (AvgIpc) is 3.37. The Morgan fingerprint density at radius 2 is 1.92 bits per heavy atom. The number of nitro benzene ring substituents is 1. The molecule has 2 unspecified atom stereocenters. The van der Waals surface area contributed by atoms with Crippen LogP contribution in [0.3, 0.4) is 0 Å². The van der Waals surface area contributed by atoms with Crippen molar-refractivity contribution in [1.29, 1.82) is 0 Å². The third kappa shape index (κ3) is 3.92. The Morgan fingerprint density at radius 3 is 2.54 bits per heavy atom. The fourth-order valence-electron chi connectivity index (χ4n) is 2.67. The van der Waals surface area contributed by atoms with Gasteiger partial charge in [-0.1, -0.05) is 17.7 Å². The van der Waals surface area contributed by atoms with Gasteiger partial charge in [-0.3, -0.25) is 14.9 Å². The molecule has 0 aliphatic heterocycles. The zero-order valence-electron chi connectivity index (χ0n) is 13.5. The first-order valence-electron chi connectivity index (χ1n) is 7.70. The Hall–Kier alpha value is -3.13. The van der Waals surface area contributed by atoms with Crippen LogP contribution < -0.4 is 16.2 Å². The van der Waals surface area contributed by atoms with E-state index in [1.807, 2.05) is 0 Å². The zero-order chi connectivity index (χ0) is 18.8. The first-order valence-corrected chi connectivity index (χ1v) is 8.08. The van der Waals surface area contributed by atoms with Crippen molar-refractivity contribution in [2.75, 3.05) is 0 Å². The lowest BCUT2D eigenvalue weighted by Crippen LogP contribution is -2.24. The number of ether oxygens (including phenoxy) is 1. The number of hydrogen-bond acceptors (Lipinski definition) is 4. The van der Waals surface area contributed by atoms with Gasteiger partial charge in [-0.25, -0.2) is 0 Å². The van der Waals surface area contributed by atoms with Crippen LogP contribution in [0.1, 0.15) is 17.9 Å². The number of hydrogen-bond donors (Lipinski definition) is 2. The first-order chi connectivity index (χ1) is 12.3. The summed E-state index contributed by atoms with van der Waals surface area (Å²) in [5.41, 5.74) is 10.9. The fourth-order valence-corrected chi connectivity index (χ4v) is 2.80. The number of aliphatic imine (C=N–C) groups is 1. The molecule has 0 bridgehead atoms. The van der Waals surface area contributed by atoms with Crippen molar-refractivity contribution in [2.45, 2.75) is 12.3 Å². The molecule has 9 heteroatoms. The van der Waals surface area contributed by atoms with E-state index in [-0.39, 0.29) is 29.2 Å². The molecule has 2 atom stereocenters. The number of nitro groups is 1. The van der Waals surface area contributed by atoms with Crippen LogP contribution in [-0.4, -0.2) is 16.8 Å². The second kappa shape index (κ2) is 7.01. The lowest BCUT2D eigenvalue weighted by molar-refractivity contribution is -0.385. The molecule has 1 aliphatic carbocycles. The van der Waals surface area contributed by atoms with Gasteiger partial charge in [0.2, 0.25) is 5.75 Å². The Balaban J connectivity index is 1.82. The van der Waals surface area contributed by atoms with Crippen LogP contribution in [0.2, 0.25) is 5.02 Å². The van der Waals surface area contributed by atoms with Gasteiger partial charge in [0, 0.05) is 17.0 Å². The normalized spacial score (nSPS) is 18.0. The number of guanidine groups is 1.